The molecule has 0 spiro atoms. The van der Waals surface area contributed by atoms with Crippen molar-refractivity contribution in [1.29, 1.82) is 26.3 Å². The Morgan fingerprint density at radius 3 is 0.963 bits per heavy atom. The van der Waals surface area contributed by atoms with Crippen LogP contribution in [0, 0.1) is 80.8 Å². The number of nitriles is 5. The summed E-state index contributed by atoms with van der Waals surface area (Å²) in [4.78, 5) is 85.5. The van der Waals surface area contributed by atoms with E-state index in [2.05, 4.69) is 146 Å². The van der Waals surface area contributed by atoms with E-state index in [0.29, 0.717) is 124 Å². The van der Waals surface area contributed by atoms with Crippen LogP contribution in [0.2, 0.25) is 5.02 Å². The Hall–Kier alpha value is -15.8. The largest absolute Gasteiger partial charge is 0.471 e. The Labute approximate surface area is 798 Å². The lowest BCUT2D eigenvalue weighted by Crippen LogP contribution is -2.28. The van der Waals surface area contributed by atoms with Gasteiger partial charge in [-0.2, -0.15) is 51.2 Å². The summed E-state index contributed by atoms with van der Waals surface area (Å²) in [6.45, 7) is 16.2. The van der Waals surface area contributed by atoms with Crippen molar-refractivity contribution in [2.24, 2.45) is 0 Å². The summed E-state index contributed by atoms with van der Waals surface area (Å²) in [6.07, 6.45) is 22.4. The second-order valence-corrected chi connectivity index (χ2v) is 32.6. The monoisotopic (exact) mass is 1870 g/mol. The van der Waals surface area contributed by atoms with E-state index >= 15 is 0 Å². The SMILES string of the molecule is C#Cc1cnc(Nc2cnc(C#N)c(O[C@H](C)CN(C)C)n2)cc1NC.CNc1cc(Nc2cnc(C#N)c(O[C@H](C)CN(C)C)n2)ncc1C#CC(C)(C)O.CNc1cc(Nc2cnc(C#N)c(O[C@H](C)CN(C)C)n2)ncc1C(=O)OC.CNc1cc(Nc2cnc(C#N)c(O[C@H](C)CN(C)C)n2)ncc1C1CC1.CNc1cc(Nc2cnc(C#N)c(O[C@H](C)CN(C)C)n2)ncc1Cl. The molecule has 10 aromatic rings. The number of aliphatic hydroxyl groups is 1. The third-order valence-electron chi connectivity index (χ3n) is 18.1. The first-order valence-corrected chi connectivity index (χ1v) is 42.9. The van der Waals surface area contributed by atoms with Gasteiger partial charge in [-0.05, 0) is 143 Å². The number of ether oxygens (including phenoxy) is 6. The summed E-state index contributed by atoms with van der Waals surface area (Å²) in [6, 6.07) is 18.9. The lowest BCUT2D eigenvalue weighted by molar-refractivity contribution is 0.0601. The van der Waals surface area contributed by atoms with E-state index < -0.39 is 11.6 Å². The van der Waals surface area contributed by atoms with Gasteiger partial charge in [-0.3, -0.25) is 0 Å². The first-order valence-electron chi connectivity index (χ1n) is 42.5. The van der Waals surface area contributed by atoms with Gasteiger partial charge in [0, 0.05) is 129 Å². The van der Waals surface area contributed by atoms with E-state index in [1.165, 1.54) is 68.9 Å². The van der Waals surface area contributed by atoms with E-state index in [-0.39, 0.29) is 88.4 Å². The molecule has 1 saturated carbocycles. The molecule has 0 bridgehead atoms. The highest BCUT2D eigenvalue weighted by atomic mass is 35.5. The summed E-state index contributed by atoms with van der Waals surface area (Å²) in [5, 5.41) is 87.0. The molecule has 0 saturated heterocycles. The summed E-state index contributed by atoms with van der Waals surface area (Å²) in [5.74, 6) is 14.0. The zero-order chi connectivity index (χ0) is 99.9. The van der Waals surface area contributed by atoms with Gasteiger partial charge in [0.05, 0.1) is 83.2 Å². The van der Waals surface area contributed by atoms with Crippen molar-refractivity contribution in [2.75, 3.05) is 199 Å². The third-order valence-corrected chi connectivity index (χ3v) is 18.4. The van der Waals surface area contributed by atoms with Gasteiger partial charge in [0.25, 0.3) is 29.4 Å². The lowest BCUT2D eigenvalue weighted by Gasteiger charge is -2.18. The Morgan fingerprint density at radius 1 is 0.412 bits per heavy atom. The highest BCUT2D eigenvalue weighted by molar-refractivity contribution is 6.33. The van der Waals surface area contributed by atoms with Gasteiger partial charge in [-0.25, -0.2) is 54.6 Å². The van der Waals surface area contributed by atoms with Crippen molar-refractivity contribution < 1.29 is 38.3 Å². The highest BCUT2D eigenvalue weighted by Crippen LogP contribution is 2.44. The number of carbonyl (C=O) groups excluding carboxylic acids is 1. The molecule has 1 aliphatic carbocycles. The maximum absolute atomic E-state index is 11.8. The van der Waals surface area contributed by atoms with Crippen molar-refractivity contribution in [3.8, 4) is 83.9 Å². The van der Waals surface area contributed by atoms with Gasteiger partial charge in [0.15, 0.2) is 29.1 Å². The third kappa shape index (κ3) is 35.1. The number of methoxy groups -OCH3 is 1. The van der Waals surface area contributed by atoms with E-state index in [0.717, 1.165) is 22.7 Å². The molecule has 10 aromatic heterocycles. The molecule has 1 fully saturated rings. The number of rotatable bonds is 37. The maximum Gasteiger partial charge on any atom is 0.341 e. The molecule has 0 radical (unpaired) electrons. The van der Waals surface area contributed by atoms with Crippen LogP contribution in [0.15, 0.2) is 92.3 Å². The predicted molar refractivity (Wildman–Crippen MR) is 522 cm³/mol. The number of likely N-dealkylation sites (N-methyl/N-ethyl adjacent to an activating group) is 5. The fourth-order valence-electron chi connectivity index (χ4n) is 12.4. The van der Waals surface area contributed by atoms with Gasteiger partial charge in [-0.15, -0.1) is 6.42 Å². The van der Waals surface area contributed by atoms with Crippen molar-refractivity contribution in [3.05, 3.63) is 148 Å². The number of terminal acetylenes is 1. The number of nitrogens with one attached hydrogen (secondary N) is 10. The van der Waals surface area contributed by atoms with Gasteiger partial charge < -0.3 is 111 Å². The normalized spacial score (nSPS) is 12.2. The number of nitrogens with zero attached hydrogens (tertiary/aromatic N) is 25. The zero-order valence-corrected chi connectivity index (χ0v) is 81.3. The van der Waals surface area contributed by atoms with Crippen LogP contribution in [0.1, 0.15) is 123 Å². The van der Waals surface area contributed by atoms with Gasteiger partial charge in [0.1, 0.15) is 101 Å². The summed E-state index contributed by atoms with van der Waals surface area (Å²) in [5.41, 5.74) is 6.26. The number of hydrogen-bond donors (Lipinski definition) is 11. The van der Waals surface area contributed by atoms with Crippen LogP contribution in [-0.2, 0) is 4.74 Å². The van der Waals surface area contributed by atoms with Crippen LogP contribution in [0.25, 0.3) is 0 Å². The lowest BCUT2D eigenvalue weighted by atomic mass is 10.1. The van der Waals surface area contributed by atoms with Crippen molar-refractivity contribution in [3.63, 3.8) is 0 Å². The van der Waals surface area contributed by atoms with Crippen LogP contribution in [-0.4, -0.2) is 292 Å². The topological polar surface area (TPSA) is 541 Å². The maximum atomic E-state index is 11.8. The molecule has 1 aliphatic rings. The fraction of sp³-hybridized carbons (Fsp3) is 0.402. The molecular weight excluding hydrogens is 1760 g/mol. The van der Waals surface area contributed by atoms with Crippen molar-refractivity contribution in [1.82, 2.24) is 99.3 Å². The Morgan fingerprint density at radius 2 is 0.684 bits per heavy atom. The minimum absolute atomic E-state index is 0.0982. The molecule has 11 N–H and O–H groups in total. The first kappa shape index (κ1) is 107. The van der Waals surface area contributed by atoms with Crippen LogP contribution in [0.5, 0.6) is 29.4 Å². The molecule has 136 heavy (non-hydrogen) atoms. The van der Waals surface area contributed by atoms with Crippen molar-refractivity contribution >= 4 is 104 Å². The fourth-order valence-corrected chi connectivity index (χ4v) is 12.6. The smallest absolute Gasteiger partial charge is 0.341 e. The summed E-state index contributed by atoms with van der Waals surface area (Å²) in [7, 11) is 29.7. The van der Waals surface area contributed by atoms with E-state index in [4.69, 9.17) is 46.4 Å². The second kappa shape index (κ2) is 53.1. The standard InChI is InChI=1S/C21H27N7O2.C19H25N7O.C18H23N7O3.C18H21N7O.C16H20ClN7O/c1-14(13-28(5)6)30-20-17(10-22)24-12-19(27-20)26-18-9-16(23-4)15(11-25-18)7-8-21(2,3)29;1-12(11-26(3)4)27-19-16(8-20)22-10-18(25-19)24-17-7-15(21-2)14(9-23-17)13-5-6-13;1-11(10-25(3)4)28-17-14(7-19)21-9-16(24-17)23-15-6-13(20-2)12(8-22-15)18(26)27-5;1-6-13-9-22-16(7-14(13)20-3)23-17-10-21-15(8-19)18(24-17)26-12(2)11-25(4)5;1-10(9-24(3)4)25-16-13(6-18)20-8-15(23-16)22-14-5-12(19-2)11(17)7-21-14/h9,11-12,14,29H,13H2,1-6H3,(H2,23,25,26,27);7,9-10,12-13H,5-6,11H2,1-4H3,(H2,21,23,24,25);6,8-9,11H,10H2,1-5H3,(H2,20,22,23,24);1,7,9-10,12H,11H2,2-5H3,(H2,20,22,23,24);5,7-8,10H,9H2,1-4H3,(H2,19,21,22,23)/t14-;12-;11-;12-;10-/m11111/s1. The number of carbonyl (C=O) groups is 1. The minimum atomic E-state index is -1.10. The summed E-state index contributed by atoms with van der Waals surface area (Å²) < 4.78 is 33.6. The van der Waals surface area contributed by atoms with Crippen molar-refractivity contribution in [2.45, 2.75) is 103 Å². The molecular formula is C92H116ClN35O8. The van der Waals surface area contributed by atoms with Crippen LogP contribution in [0.4, 0.5) is 86.6 Å². The molecule has 5 atom stereocenters. The van der Waals surface area contributed by atoms with Gasteiger partial charge >= 0.3 is 5.97 Å². The van der Waals surface area contributed by atoms with E-state index in [9.17, 15) is 36.2 Å². The number of aromatic nitrogens is 15. The van der Waals surface area contributed by atoms with E-state index in [1.54, 1.807) is 78.7 Å². The predicted octanol–water partition coefficient (Wildman–Crippen LogP) is 10.7. The molecule has 0 aliphatic heterocycles. The van der Waals surface area contributed by atoms with Crippen LogP contribution in [0.3, 0.4) is 0 Å². The van der Waals surface area contributed by atoms with Gasteiger partial charge in [0.2, 0.25) is 28.5 Å². The Balaban J connectivity index is 0.000000232. The zero-order valence-electron chi connectivity index (χ0n) is 80.5. The van der Waals surface area contributed by atoms with Crippen LogP contribution < -0.4 is 76.9 Å². The Kier molecular flexibility index (Phi) is 41.9. The molecule has 0 unspecified atom stereocenters. The average molecular weight is 1880 g/mol. The number of esters is 1. The molecule has 11 rings (SSSR count). The summed E-state index contributed by atoms with van der Waals surface area (Å²) >= 11 is 6.02. The molecule has 0 aromatic carbocycles. The number of pyridine rings is 5. The number of hydrogen-bond acceptors (Lipinski definition) is 43. The molecule has 714 valence electrons. The molecule has 10 heterocycles. The Bertz CT molecular complexity index is 6010. The van der Waals surface area contributed by atoms with E-state index in [1.807, 2.05) is 179 Å². The number of anilines is 15. The molecule has 43 nitrogen and oxygen atoms in total. The average Bonchev–Trinajstić information content (AvgIpc) is 1.64. The minimum Gasteiger partial charge on any atom is -0.471 e. The second-order valence-electron chi connectivity index (χ2n) is 32.2. The molecule has 44 heteroatoms. The molecule has 0 amide bonds. The number of halogens is 1. The van der Waals surface area contributed by atoms with Gasteiger partial charge in [-0.1, -0.05) is 29.4 Å². The first-order chi connectivity index (χ1) is 64.9. The highest BCUT2D eigenvalue weighted by Gasteiger charge is 2.28. The quantitative estimate of drug-likeness (QED) is 0.0127. The van der Waals surface area contributed by atoms with Crippen LogP contribution >= 0.6 is 11.6 Å².